The fourth-order valence-corrected chi connectivity index (χ4v) is 1.96. The van der Waals surface area contributed by atoms with Crippen LogP contribution in [0, 0.1) is 0 Å². The number of pyridine rings is 2. The van der Waals surface area contributed by atoms with Gasteiger partial charge in [0.25, 0.3) is 0 Å². The largest absolute Gasteiger partial charge is 0.481 e. The van der Waals surface area contributed by atoms with E-state index in [9.17, 15) is 0 Å². The van der Waals surface area contributed by atoms with Crippen molar-refractivity contribution in [3.63, 3.8) is 0 Å². The van der Waals surface area contributed by atoms with E-state index in [1.165, 1.54) is 18.4 Å². The van der Waals surface area contributed by atoms with E-state index in [-0.39, 0.29) is 0 Å². The minimum Gasteiger partial charge on any atom is -0.481 e. The second kappa shape index (κ2) is 5.36. The average molecular weight is 255 g/mol. The number of aromatic nitrogens is 2. The molecule has 0 bridgehead atoms. The lowest BCUT2D eigenvalue weighted by Gasteiger charge is -2.06. The monoisotopic (exact) mass is 255 g/mol. The lowest BCUT2D eigenvalue weighted by molar-refractivity contribution is 0.398. The SMILES string of the molecule is COc1ccc(-c2cncc(CNC3CC3)c2)cn1. The van der Waals surface area contributed by atoms with Crippen LogP contribution >= 0.6 is 0 Å². The summed E-state index contributed by atoms with van der Waals surface area (Å²) in [7, 11) is 1.62. The van der Waals surface area contributed by atoms with E-state index in [4.69, 9.17) is 4.74 Å². The zero-order chi connectivity index (χ0) is 13.1. The van der Waals surface area contributed by atoms with Gasteiger partial charge < -0.3 is 10.1 Å². The van der Waals surface area contributed by atoms with Gasteiger partial charge in [-0.05, 0) is 30.5 Å². The fraction of sp³-hybridized carbons (Fsp3) is 0.333. The Morgan fingerprint density at radius 1 is 1.21 bits per heavy atom. The minimum absolute atomic E-state index is 0.628. The van der Waals surface area contributed by atoms with Crippen molar-refractivity contribution in [2.75, 3.05) is 7.11 Å². The Morgan fingerprint density at radius 3 is 2.79 bits per heavy atom. The van der Waals surface area contributed by atoms with Gasteiger partial charge in [0.1, 0.15) is 0 Å². The number of methoxy groups -OCH3 is 1. The molecular formula is C15H17N3O. The molecule has 1 saturated carbocycles. The topological polar surface area (TPSA) is 47.0 Å². The third-order valence-electron chi connectivity index (χ3n) is 3.25. The lowest BCUT2D eigenvalue weighted by atomic mass is 10.1. The van der Waals surface area contributed by atoms with Crippen molar-refractivity contribution in [2.45, 2.75) is 25.4 Å². The first-order valence-corrected chi connectivity index (χ1v) is 6.53. The van der Waals surface area contributed by atoms with Crippen LogP contribution in [0.5, 0.6) is 5.88 Å². The molecule has 98 valence electrons. The second-order valence-electron chi connectivity index (χ2n) is 4.83. The van der Waals surface area contributed by atoms with Crippen molar-refractivity contribution in [3.05, 3.63) is 42.4 Å². The Bertz CT molecular complexity index is 550. The third-order valence-corrected chi connectivity index (χ3v) is 3.25. The molecule has 0 aromatic carbocycles. The molecule has 0 aliphatic heterocycles. The van der Waals surface area contributed by atoms with Gasteiger partial charge in [-0.1, -0.05) is 0 Å². The van der Waals surface area contributed by atoms with E-state index in [1.54, 1.807) is 7.11 Å². The fourth-order valence-electron chi connectivity index (χ4n) is 1.96. The minimum atomic E-state index is 0.628. The van der Waals surface area contributed by atoms with Crippen molar-refractivity contribution in [1.82, 2.24) is 15.3 Å². The van der Waals surface area contributed by atoms with Gasteiger partial charge in [0.2, 0.25) is 5.88 Å². The van der Waals surface area contributed by atoms with Crippen LogP contribution in [0.4, 0.5) is 0 Å². The molecular weight excluding hydrogens is 238 g/mol. The summed E-state index contributed by atoms with van der Waals surface area (Å²) in [4.78, 5) is 8.52. The molecule has 4 heteroatoms. The molecule has 2 aromatic heterocycles. The highest BCUT2D eigenvalue weighted by Crippen LogP contribution is 2.22. The molecule has 4 nitrogen and oxygen atoms in total. The van der Waals surface area contributed by atoms with E-state index in [0.717, 1.165) is 17.7 Å². The molecule has 2 aromatic rings. The van der Waals surface area contributed by atoms with Crippen LogP contribution < -0.4 is 10.1 Å². The molecule has 3 rings (SSSR count). The molecule has 0 saturated heterocycles. The quantitative estimate of drug-likeness (QED) is 0.891. The number of nitrogens with zero attached hydrogens (tertiary/aromatic N) is 2. The van der Waals surface area contributed by atoms with Gasteiger partial charge in [0.15, 0.2) is 0 Å². The molecule has 0 unspecified atom stereocenters. The van der Waals surface area contributed by atoms with E-state index >= 15 is 0 Å². The zero-order valence-corrected chi connectivity index (χ0v) is 11.0. The lowest BCUT2D eigenvalue weighted by Crippen LogP contribution is -2.15. The summed E-state index contributed by atoms with van der Waals surface area (Å²) >= 11 is 0. The second-order valence-corrected chi connectivity index (χ2v) is 4.83. The van der Waals surface area contributed by atoms with Crippen LogP contribution in [-0.4, -0.2) is 23.1 Å². The Kier molecular flexibility index (Phi) is 3.42. The normalized spacial score (nSPS) is 14.4. The van der Waals surface area contributed by atoms with Gasteiger partial charge in [-0.2, -0.15) is 0 Å². The van der Waals surface area contributed by atoms with Crippen LogP contribution in [0.25, 0.3) is 11.1 Å². The van der Waals surface area contributed by atoms with Crippen LogP contribution in [0.2, 0.25) is 0 Å². The first-order chi connectivity index (χ1) is 9.35. The molecule has 2 heterocycles. The maximum atomic E-state index is 5.06. The van der Waals surface area contributed by atoms with Crippen molar-refractivity contribution >= 4 is 0 Å². The van der Waals surface area contributed by atoms with Crippen molar-refractivity contribution in [1.29, 1.82) is 0 Å². The van der Waals surface area contributed by atoms with Gasteiger partial charge in [-0.15, -0.1) is 0 Å². The Balaban J connectivity index is 1.76. The highest BCUT2D eigenvalue weighted by Gasteiger charge is 2.19. The zero-order valence-electron chi connectivity index (χ0n) is 11.0. The molecule has 19 heavy (non-hydrogen) atoms. The van der Waals surface area contributed by atoms with E-state index in [1.807, 2.05) is 30.7 Å². The summed E-state index contributed by atoms with van der Waals surface area (Å²) in [6.45, 7) is 0.884. The molecule has 1 N–H and O–H groups in total. The molecule has 0 spiro atoms. The Morgan fingerprint density at radius 2 is 2.11 bits per heavy atom. The summed E-state index contributed by atoms with van der Waals surface area (Å²) in [5, 5.41) is 3.49. The van der Waals surface area contributed by atoms with Crippen LogP contribution in [0.15, 0.2) is 36.8 Å². The standard InChI is InChI=1S/C15H17N3O/c1-19-15-5-2-12(10-18-15)13-6-11(7-16-9-13)8-17-14-3-4-14/h2,5-7,9-10,14,17H,3-4,8H2,1H3. The van der Waals surface area contributed by atoms with Crippen LogP contribution in [-0.2, 0) is 6.54 Å². The van der Waals surface area contributed by atoms with Crippen molar-refractivity contribution in [3.8, 4) is 17.0 Å². The average Bonchev–Trinajstić information content (AvgIpc) is 3.30. The van der Waals surface area contributed by atoms with Gasteiger partial charge in [0, 0.05) is 48.4 Å². The smallest absolute Gasteiger partial charge is 0.212 e. The number of nitrogens with one attached hydrogen (secondary N) is 1. The number of rotatable bonds is 5. The molecule has 1 fully saturated rings. The highest BCUT2D eigenvalue weighted by atomic mass is 16.5. The first kappa shape index (κ1) is 12.1. The summed E-state index contributed by atoms with van der Waals surface area (Å²) in [6.07, 6.45) is 8.19. The molecule has 0 amide bonds. The maximum Gasteiger partial charge on any atom is 0.212 e. The number of ether oxygens (including phenoxy) is 1. The summed E-state index contributed by atoms with van der Waals surface area (Å²) in [6, 6.07) is 6.74. The molecule has 1 aliphatic rings. The predicted octanol–water partition coefficient (Wildman–Crippen LogP) is 2.40. The van der Waals surface area contributed by atoms with Gasteiger partial charge in [-0.25, -0.2) is 4.98 Å². The number of hydrogen-bond donors (Lipinski definition) is 1. The van der Waals surface area contributed by atoms with E-state index in [0.29, 0.717) is 11.9 Å². The Labute approximate surface area is 112 Å². The van der Waals surface area contributed by atoms with Crippen molar-refractivity contribution < 1.29 is 4.74 Å². The van der Waals surface area contributed by atoms with Crippen LogP contribution in [0.3, 0.4) is 0 Å². The van der Waals surface area contributed by atoms with Gasteiger partial charge in [0.05, 0.1) is 7.11 Å². The van der Waals surface area contributed by atoms with Gasteiger partial charge >= 0.3 is 0 Å². The van der Waals surface area contributed by atoms with Gasteiger partial charge in [-0.3, -0.25) is 4.98 Å². The summed E-state index contributed by atoms with van der Waals surface area (Å²) < 4.78 is 5.06. The Hall–Kier alpha value is -1.94. The third kappa shape index (κ3) is 3.09. The van der Waals surface area contributed by atoms with Crippen LogP contribution in [0.1, 0.15) is 18.4 Å². The van der Waals surface area contributed by atoms with Crippen molar-refractivity contribution in [2.24, 2.45) is 0 Å². The molecule has 0 atom stereocenters. The predicted molar refractivity (Wildman–Crippen MR) is 73.9 cm³/mol. The van der Waals surface area contributed by atoms with E-state index < -0.39 is 0 Å². The first-order valence-electron chi connectivity index (χ1n) is 6.53. The van der Waals surface area contributed by atoms with E-state index in [2.05, 4.69) is 21.4 Å². The highest BCUT2D eigenvalue weighted by molar-refractivity contribution is 5.62. The molecule has 0 radical (unpaired) electrons. The molecule has 1 aliphatic carbocycles. The summed E-state index contributed by atoms with van der Waals surface area (Å²) in [5.41, 5.74) is 3.35. The number of hydrogen-bond acceptors (Lipinski definition) is 4. The maximum absolute atomic E-state index is 5.06. The summed E-state index contributed by atoms with van der Waals surface area (Å²) in [5.74, 6) is 0.628.